The van der Waals surface area contributed by atoms with E-state index in [-0.39, 0.29) is 5.75 Å². The van der Waals surface area contributed by atoms with Gasteiger partial charge in [0.2, 0.25) is 5.91 Å². The van der Waals surface area contributed by atoms with E-state index in [9.17, 15) is 13.2 Å². The summed E-state index contributed by atoms with van der Waals surface area (Å²) in [6.45, 7) is 4.70. The molecular weight excluding hydrogens is 304 g/mol. The molecule has 1 aromatic carbocycles. The number of amides is 1. The van der Waals surface area contributed by atoms with E-state index in [4.69, 9.17) is 0 Å². The fourth-order valence-electron chi connectivity index (χ4n) is 1.86. The topological polar surface area (TPSA) is 105 Å². The van der Waals surface area contributed by atoms with Crippen molar-refractivity contribution in [1.29, 1.82) is 0 Å². The molecule has 7 nitrogen and oxygen atoms in total. The lowest BCUT2D eigenvalue weighted by Gasteiger charge is -2.12. The van der Waals surface area contributed by atoms with Crippen molar-refractivity contribution < 1.29 is 13.2 Å². The number of aromatic nitrogens is 3. The second kappa shape index (κ2) is 6.27. The molecule has 1 atom stereocenters. The monoisotopic (exact) mass is 322 g/mol. The summed E-state index contributed by atoms with van der Waals surface area (Å²) in [5.74, 6) is 0.582. The minimum absolute atomic E-state index is 0.0713. The summed E-state index contributed by atoms with van der Waals surface area (Å²) in [7, 11) is -3.42. The quantitative estimate of drug-likeness (QED) is 0.869. The van der Waals surface area contributed by atoms with Gasteiger partial charge in [0.05, 0.1) is 0 Å². The molecule has 0 saturated heterocycles. The summed E-state index contributed by atoms with van der Waals surface area (Å²) in [5.41, 5.74) is 1.23. The molecule has 1 amide bonds. The molecule has 0 radical (unpaired) electrons. The van der Waals surface area contributed by atoms with Crippen molar-refractivity contribution in [3.8, 4) is 11.4 Å². The smallest absolute Gasteiger partial charge is 0.242 e. The molecule has 2 N–H and O–H groups in total. The van der Waals surface area contributed by atoms with Crippen molar-refractivity contribution in [1.82, 2.24) is 15.2 Å². The molecule has 1 heterocycles. The minimum Gasteiger partial charge on any atom is -0.325 e. The van der Waals surface area contributed by atoms with Gasteiger partial charge < -0.3 is 5.32 Å². The molecule has 1 unspecified atom stereocenters. The van der Waals surface area contributed by atoms with Gasteiger partial charge in [0.25, 0.3) is 0 Å². The summed E-state index contributed by atoms with van der Waals surface area (Å²) in [5, 5.41) is 8.32. The van der Waals surface area contributed by atoms with Gasteiger partial charge in [0.1, 0.15) is 11.1 Å². The van der Waals surface area contributed by atoms with Crippen LogP contribution < -0.4 is 5.32 Å². The molecule has 0 spiro atoms. The maximum Gasteiger partial charge on any atom is 0.242 e. The third-order valence-corrected chi connectivity index (χ3v) is 5.39. The number of hydrogen-bond donors (Lipinski definition) is 2. The van der Waals surface area contributed by atoms with Crippen LogP contribution >= 0.6 is 0 Å². The Balaban J connectivity index is 2.19. The van der Waals surface area contributed by atoms with Gasteiger partial charge in [-0.1, -0.05) is 19.1 Å². The molecule has 0 fully saturated rings. The van der Waals surface area contributed by atoms with E-state index in [1.807, 2.05) is 6.07 Å². The van der Waals surface area contributed by atoms with Crippen molar-refractivity contribution in [2.45, 2.75) is 26.0 Å². The Morgan fingerprint density at radius 1 is 1.41 bits per heavy atom. The largest absolute Gasteiger partial charge is 0.325 e. The molecule has 22 heavy (non-hydrogen) atoms. The van der Waals surface area contributed by atoms with Crippen molar-refractivity contribution in [3.05, 3.63) is 30.1 Å². The van der Waals surface area contributed by atoms with Gasteiger partial charge >= 0.3 is 0 Å². The van der Waals surface area contributed by atoms with Crippen molar-refractivity contribution in [2.75, 3.05) is 11.1 Å². The number of nitrogens with one attached hydrogen (secondary N) is 2. The number of carbonyl (C=O) groups is 1. The second-order valence-corrected chi connectivity index (χ2v) is 7.52. The van der Waals surface area contributed by atoms with Crippen molar-refractivity contribution in [2.24, 2.45) is 0 Å². The van der Waals surface area contributed by atoms with Crippen LogP contribution in [-0.4, -0.2) is 40.5 Å². The molecule has 118 valence electrons. The SMILES string of the molecule is CCS(=O)(=O)C(C)C(=O)Nc1cccc(-c2n[nH]c(C)n2)c1. The highest BCUT2D eigenvalue weighted by Gasteiger charge is 2.26. The average molecular weight is 322 g/mol. The Morgan fingerprint density at radius 3 is 2.73 bits per heavy atom. The van der Waals surface area contributed by atoms with E-state index in [0.29, 0.717) is 17.3 Å². The fraction of sp³-hybridized carbons (Fsp3) is 0.357. The van der Waals surface area contributed by atoms with Crippen LogP contribution in [0.25, 0.3) is 11.4 Å². The number of sulfone groups is 1. The first-order chi connectivity index (χ1) is 10.3. The lowest BCUT2D eigenvalue weighted by Crippen LogP contribution is -2.33. The summed E-state index contributed by atoms with van der Waals surface area (Å²) in [6.07, 6.45) is 0. The number of aromatic amines is 1. The van der Waals surface area contributed by atoms with Crippen molar-refractivity contribution >= 4 is 21.4 Å². The van der Waals surface area contributed by atoms with E-state index >= 15 is 0 Å². The molecular formula is C14H18N4O3S. The molecule has 0 bridgehead atoms. The van der Waals surface area contributed by atoms with Crippen molar-refractivity contribution in [3.63, 3.8) is 0 Å². The lowest BCUT2D eigenvalue weighted by molar-refractivity contribution is -0.115. The number of carbonyl (C=O) groups excluding carboxylic acids is 1. The number of hydrogen-bond acceptors (Lipinski definition) is 5. The van der Waals surface area contributed by atoms with Gasteiger partial charge in [-0.3, -0.25) is 9.89 Å². The maximum absolute atomic E-state index is 12.0. The molecule has 2 aromatic rings. The zero-order chi connectivity index (χ0) is 16.3. The van der Waals surface area contributed by atoms with Gasteiger partial charge in [0, 0.05) is 17.0 Å². The third-order valence-electron chi connectivity index (χ3n) is 3.30. The molecule has 8 heteroatoms. The Morgan fingerprint density at radius 2 is 2.14 bits per heavy atom. The van der Waals surface area contributed by atoms with Crippen LogP contribution in [0.3, 0.4) is 0 Å². The number of benzene rings is 1. The third kappa shape index (κ3) is 3.51. The Kier molecular flexibility index (Phi) is 4.60. The lowest BCUT2D eigenvalue weighted by atomic mass is 10.2. The number of nitrogens with zero attached hydrogens (tertiary/aromatic N) is 2. The van der Waals surface area contributed by atoms with E-state index in [0.717, 1.165) is 5.56 Å². The van der Waals surface area contributed by atoms with E-state index in [1.54, 1.807) is 25.1 Å². The summed E-state index contributed by atoms with van der Waals surface area (Å²) < 4.78 is 23.5. The first kappa shape index (κ1) is 16.2. The summed E-state index contributed by atoms with van der Waals surface area (Å²) in [4.78, 5) is 16.3. The fourth-order valence-corrected chi connectivity index (χ4v) is 2.75. The van der Waals surface area contributed by atoms with Crippen LogP contribution in [0, 0.1) is 6.92 Å². The molecule has 0 saturated carbocycles. The highest BCUT2D eigenvalue weighted by molar-refractivity contribution is 7.92. The molecule has 2 rings (SSSR count). The van der Waals surface area contributed by atoms with Gasteiger partial charge in [-0.05, 0) is 26.0 Å². The zero-order valence-electron chi connectivity index (χ0n) is 12.6. The predicted octanol–water partition coefficient (Wildman–Crippen LogP) is 1.54. The van der Waals surface area contributed by atoms with E-state index in [2.05, 4.69) is 20.5 Å². The van der Waals surface area contributed by atoms with Crippen LogP contribution in [0.5, 0.6) is 0 Å². The van der Waals surface area contributed by atoms with Crippen LogP contribution in [0.1, 0.15) is 19.7 Å². The van der Waals surface area contributed by atoms with Crippen LogP contribution in [-0.2, 0) is 14.6 Å². The Hall–Kier alpha value is -2.22. The number of rotatable bonds is 5. The second-order valence-electron chi connectivity index (χ2n) is 4.91. The van der Waals surface area contributed by atoms with E-state index < -0.39 is 21.0 Å². The van der Waals surface area contributed by atoms with Crippen LogP contribution in [0.15, 0.2) is 24.3 Å². The number of aryl methyl sites for hydroxylation is 1. The molecule has 0 aliphatic rings. The first-order valence-electron chi connectivity index (χ1n) is 6.85. The average Bonchev–Trinajstić information content (AvgIpc) is 2.93. The van der Waals surface area contributed by atoms with Crippen LogP contribution in [0.2, 0.25) is 0 Å². The summed E-state index contributed by atoms with van der Waals surface area (Å²) in [6, 6.07) is 6.94. The number of H-pyrrole nitrogens is 1. The molecule has 0 aliphatic carbocycles. The summed E-state index contributed by atoms with van der Waals surface area (Å²) >= 11 is 0. The van der Waals surface area contributed by atoms with Gasteiger partial charge in [-0.25, -0.2) is 13.4 Å². The van der Waals surface area contributed by atoms with Gasteiger partial charge in [-0.2, -0.15) is 5.10 Å². The van der Waals surface area contributed by atoms with Gasteiger partial charge in [-0.15, -0.1) is 0 Å². The standard InChI is InChI=1S/C14H18N4O3S/c1-4-22(20,21)9(2)14(19)16-12-7-5-6-11(8-12)13-15-10(3)17-18-13/h5-9H,4H2,1-3H3,(H,16,19)(H,15,17,18). The zero-order valence-corrected chi connectivity index (χ0v) is 13.4. The van der Waals surface area contributed by atoms with E-state index in [1.165, 1.54) is 13.8 Å². The molecule has 1 aromatic heterocycles. The highest BCUT2D eigenvalue weighted by atomic mass is 32.2. The first-order valence-corrected chi connectivity index (χ1v) is 8.57. The highest BCUT2D eigenvalue weighted by Crippen LogP contribution is 2.19. The predicted molar refractivity (Wildman–Crippen MR) is 84.1 cm³/mol. The molecule has 0 aliphatic heterocycles. The van der Waals surface area contributed by atoms with Crippen LogP contribution in [0.4, 0.5) is 5.69 Å². The Labute approximate surface area is 129 Å². The van der Waals surface area contributed by atoms with Gasteiger partial charge in [0.15, 0.2) is 15.7 Å². The normalized spacial score (nSPS) is 12.9. The minimum atomic E-state index is -3.42. The Bertz CT molecular complexity index is 783. The maximum atomic E-state index is 12.0. The number of anilines is 1.